The molecule has 0 saturated carbocycles. The average molecular weight is 1330 g/mol. The summed E-state index contributed by atoms with van der Waals surface area (Å²) in [6.07, 6.45) is 1.09. The number of hydrogen-bond donors (Lipinski definition) is 2. The summed E-state index contributed by atoms with van der Waals surface area (Å²) in [5, 5.41) is 59.4. The minimum absolute atomic E-state index is 0.0207. The number of ether oxygens (including phenoxy) is 7. The number of ketones is 5. The molecule has 0 bridgehead atoms. The molecule has 29 nitrogen and oxygen atoms in total. The van der Waals surface area contributed by atoms with Crippen molar-refractivity contribution in [1.29, 1.82) is 5.26 Å². The molecule has 12 rings (SSSR count). The first kappa shape index (κ1) is 71.0. The van der Waals surface area contributed by atoms with E-state index in [1.165, 1.54) is 66.7 Å². The van der Waals surface area contributed by atoms with Crippen molar-refractivity contribution in [2.45, 2.75) is 122 Å². The molecule has 496 valence electrons. The van der Waals surface area contributed by atoms with E-state index in [9.17, 15) is 74.0 Å². The Morgan fingerprint density at radius 1 is 0.537 bits per heavy atom. The first-order chi connectivity index (χ1) is 45.2. The number of carbonyl (C=O) groups is 7. The number of carboxylic acids is 1. The summed E-state index contributed by atoms with van der Waals surface area (Å²) in [4.78, 5) is 120. The lowest BCUT2D eigenvalue weighted by Gasteiger charge is -2.25. The number of alkyl halides is 1. The van der Waals surface area contributed by atoms with Gasteiger partial charge in [0.15, 0.2) is 28.9 Å². The Labute approximate surface area is 545 Å². The number of nitrogens with zero attached hydrogens (tertiary/aromatic N) is 5. The summed E-state index contributed by atoms with van der Waals surface area (Å²) in [6.45, 7) is 5.92. The quantitative estimate of drug-likeness (QED) is 0.0400. The first-order valence-corrected chi connectivity index (χ1v) is 29.8. The number of fused-ring (bicyclic) bond motifs is 6. The second-order valence-electron chi connectivity index (χ2n) is 21.7. The standard InChI is InChI=1S/C13H17NO3.C11H8N2O4.C11H9NO6.C10H8ClNO4.C10H9NO4.C10H10O2/c1-2-16-13(15)8-11-5-3-9-7-10(14)4-6-12(9)17-11;12-4-3-8-6-10(14)9-5-7(13(15)16)1-2-11(9)17-8;13-9-4-7(5-11(14)15)18-10-2-1-6(12(16)17)3-8(9)10;11-5-7-4-9(13)8-3-6(12(14)15)1-2-10(8)16-7;1-6-4-9(12)8-5-7(11(13)14)2-3-10(8)15-6;1-7-6-9(11)8-4-2-3-5-10(8)12-7/h4,6-7,11H,2-3,5,8,14H2,1H3;1-2,5,8H,3,6H2;1-3,7H,4-5H2,(H,14,15);1-3,7H,4-5H2;2-3,5-6H,4H2,1H3;2-5,7H,6H2,1H3/t11-;8-;2*7-;6-;7-/m010011/s1. The van der Waals surface area contributed by atoms with Crippen molar-refractivity contribution in [2.75, 3.05) is 18.2 Å². The largest absolute Gasteiger partial charge is 0.490 e. The number of carboxylic acid groups (broad SMARTS) is 1. The van der Waals surface area contributed by atoms with Crippen molar-refractivity contribution in [2.24, 2.45) is 0 Å². The monoisotopic (exact) mass is 1330 g/mol. The summed E-state index contributed by atoms with van der Waals surface area (Å²) >= 11 is 5.61. The molecule has 95 heavy (non-hydrogen) atoms. The van der Waals surface area contributed by atoms with Gasteiger partial charge >= 0.3 is 11.9 Å². The van der Waals surface area contributed by atoms with Gasteiger partial charge in [-0.2, -0.15) is 5.26 Å². The number of nitriles is 1. The molecule has 0 amide bonds. The van der Waals surface area contributed by atoms with Crippen LogP contribution in [0, 0.1) is 51.8 Å². The molecular weight excluding hydrogens is 1270 g/mol. The lowest BCUT2D eigenvalue weighted by atomic mass is 9.98. The molecule has 0 aromatic heterocycles. The number of benzene rings is 6. The van der Waals surface area contributed by atoms with E-state index in [2.05, 4.69) is 0 Å². The smallest absolute Gasteiger partial charge is 0.309 e. The Morgan fingerprint density at radius 2 is 0.926 bits per heavy atom. The van der Waals surface area contributed by atoms with Crippen LogP contribution in [-0.2, 0) is 20.7 Å². The predicted octanol–water partition coefficient (Wildman–Crippen LogP) is 11.3. The maximum atomic E-state index is 11.8. The summed E-state index contributed by atoms with van der Waals surface area (Å²) < 4.78 is 37.7. The summed E-state index contributed by atoms with van der Waals surface area (Å²) in [7, 11) is 0. The number of nitro groups is 4. The van der Waals surface area contributed by atoms with Crippen LogP contribution in [0.1, 0.15) is 136 Å². The number of nitrogen functional groups attached to an aromatic ring is 1. The zero-order valence-corrected chi connectivity index (χ0v) is 51.8. The van der Waals surface area contributed by atoms with E-state index in [0.29, 0.717) is 42.3 Å². The van der Waals surface area contributed by atoms with E-state index < -0.39 is 37.9 Å². The van der Waals surface area contributed by atoms with E-state index >= 15 is 0 Å². The molecule has 6 aliphatic rings. The number of nitro benzene ring substituents is 4. The molecule has 3 N–H and O–H groups in total. The number of halogens is 1. The van der Waals surface area contributed by atoms with E-state index in [-0.39, 0.29) is 149 Å². The van der Waals surface area contributed by atoms with Crippen LogP contribution in [0.15, 0.2) is 115 Å². The number of carbonyl (C=O) groups excluding carboxylic acids is 6. The molecule has 6 aromatic carbocycles. The van der Waals surface area contributed by atoms with Gasteiger partial charge in [-0.05, 0) is 93.8 Å². The number of non-ortho nitro benzene ring substituents is 4. The Bertz CT molecular complexity index is 4020. The van der Waals surface area contributed by atoms with Gasteiger partial charge in [-0.3, -0.25) is 74.0 Å². The highest BCUT2D eigenvalue weighted by molar-refractivity contribution is 6.18. The van der Waals surface area contributed by atoms with Gasteiger partial charge in [-0.25, -0.2) is 0 Å². The molecule has 0 aliphatic carbocycles. The molecule has 6 heterocycles. The van der Waals surface area contributed by atoms with E-state index in [1.54, 1.807) is 13.8 Å². The second-order valence-corrected chi connectivity index (χ2v) is 22.0. The zero-order chi connectivity index (χ0) is 69.2. The number of esters is 1. The Hall–Kier alpha value is -11.4. The summed E-state index contributed by atoms with van der Waals surface area (Å²) in [6, 6.07) is 30.5. The third kappa shape index (κ3) is 19.6. The van der Waals surface area contributed by atoms with Crippen LogP contribution in [0.4, 0.5) is 28.4 Å². The van der Waals surface area contributed by atoms with Crippen molar-refractivity contribution in [3.63, 3.8) is 0 Å². The van der Waals surface area contributed by atoms with Gasteiger partial charge in [-0.1, -0.05) is 12.1 Å². The molecule has 6 atom stereocenters. The molecule has 0 unspecified atom stereocenters. The molecule has 0 fully saturated rings. The topological polar surface area (TPSA) is 427 Å². The average Bonchev–Trinajstić information content (AvgIpc) is 0.856. The van der Waals surface area contributed by atoms with Crippen LogP contribution in [-0.4, -0.2) is 115 Å². The van der Waals surface area contributed by atoms with Gasteiger partial charge in [-0.15, -0.1) is 11.6 Å². The fourth-order valence-corrected chi connectivity index (χ4v) is 10.3. The Morgan fingerprint density at radius 3 is 1.38 bits per heavy atom. The van der Waals surface area contributed by atoms with Crippen LogP contribution < -0.4 is 34.2 Å². The van der Waals surface area contributed by atoms with E-state index in [4.69, 9.17) is 60.9 Å². The first-order valence-electron chi connectivity index (χ1n) is 29.3. The molecule has 6 aliphatic heterocycles. The molecule has 0 radical (unpaired) electrons. The minimum Gasteiger partial charge on any atom is -0.490 e. The SMILES string of the molecule is CCOC(=O)C[C@@H]1CCc2cc(N)ccc2O1.C[C@@H]1CC(=O)c2cc([N+](=O)[O-])ccc2O1.C[C@@H]1CC(=O)c2ccccc2O1.N#CC[C@@H]1CC(=O)c2cc([N+](=O)[O-])ccc2O1.O=C(O)C[C@@H]1CC(=O)c2cc([N+](=O)[O-])ccc2O1.O=C1C[C@@H](CCl)Oc2ccc([N+](=O)[O-])cc21. The molecule has 6 aromatic rings. The lowest BCUT2D eigenvalue weighted by Crippen LogP contribution is -2.29. The minimum atomic E-state index is -1.06. The number of aliphatic carboxylic acids is 1. The highest BCUT2D eigenvalue weighted by atomic mass is 35.5. The number of anilines is 1. The van der Waals surface area contributed by atoms with Gasteiger partial charge in [0.2, 0.25) is 0 Å². The van der Waals surface area contributed by atoms with Crippen LogP contribution >= 0.6 is 11.6 Å². The van der Waals surface area contributed by atoms with Crippen LogP contribution in [0.3, 0.4) is 0 Å². The third-order valence-electron chi connectivity index (χ3n) is 14.5. The van der Waals surface area contributed by atoms with Gasteiger partial charge in [0.05, 0.1) is 85.3 Å². The highest BCUT2D eigenvalue weighted by Gasteiger charge is 2.33. The zero-order valence-electron chi connectivity index (χ0n) is 51.0. The van der Waals surface area contributed by atoms with Crippen molar-refractivity contribution < 1.29 is 91.5 Å². The third-order valence-corrected chi connectivity index (χ3v) is 14.9. The highest BCUT2D eigenvalue weighted by Crippen LogP contribution is 2.36. The van der Waals surface area contributed by atoms with Crippen LogP contribution in [0.5, 0.6) is 34.5 Å². The van der Waals surface area contributed by atoms with Crippen molar-refractivity contribution >= 4 is 80.9 Å². The van der Waals surface area contributed by atoms with Gasteiger partial charge in [0, 0.05) is 86.3 Å². The molecule has 0 spiro atoms. The molecule has 30 heteroatoms. The predicted molar refractivity (Wildman–Crippen MR) is 335 cm³/mol. The maximum Gasteiger partial charge on any atom is 0.309 e. The second kappa shape index (κ2) is 32.7. The van der Waals surface area contributed by atoms with Crippen molar-refractivity contribution in [3.8, 4) is 40.6 Å². The number of aryl methyl sites for hydroxylation is 1. The van der Waals surface area contributed by atoms with E-state index in [0.717, 1.165) is 47.2 Å². The van der Waals surface area contributed by atoms with Crippen LogP contribution in [0.2, 0.25) is 0 Å². The fourth-order valence-electron chi connectivity index (χ4n) is 10.1. The number of para-hydroxylation sites is 1. The van der Waals surface area contributed by atoms with E-state index in [1.807, 2.05) is 55.5 Å². The van der Waals surface area contributed by atoms with Gasteiger partial charge in [0.25, 0.3) is 22.7 Å². The Kier molecular flexibility index (Phi) is 24.5. The summed E-state index contributed by atoms with van der Waals surface area (Å²) in [5.74, 6) is 1.18. The molecule has 0 saturated heterocycles. The van der Waals surface area contributed by atoms with Gasteiger partial charge in [0.1, 0.15) is 71.1 Å². The van der Waals surface area contributed by atoms with Crippen molar-refractivity contribution in [1.82, 2.24) is 0 Å². The number of rotatable bonds is 11. The fraction of sp³-hybridized carbons (Fsp3) is 0.323. The molecular formula is C65H61ClN6O23. The Balaban J connectivity index is 0.000000162. The van der Waals surface area contributed by atoms with Gasteiger partial charge < -0.3 is 44.0 Å². The number of hydrogen-bond acceptors (Lipinski definition) is 24. The maximum absolute atomic E-state index is 11.8. The number of nitrogens with two attached hydrogens (primary N) is 1. The normalized spacial score (nSPS) is 18.7. The number of Topliss-reactive ketones (excluding diaryl/α,β-unsaturated/α-hetero) is 5. The van der Waals surface area contributed by atoms with Crippen LogP contribution in [0.25, 0.3) is 0 Å². The van der Waals surface area contributed by atoms with Crippen molar-refractivity contribution in [3.05, 3.63) is 189 Å². The lowest BCUT2D eigenvalue weighted by molar-refractivity contribution is -0.385. The summed E-state index contributed by atoms with van der Waals surface area (Å²) in [5.41, 5.74) is 8.68.